The molecule has 4 nitrogen and oxygen atoms in total. The second kappa shape index (κ2) is 5.63. The van der Waals surface area contributed by atoms with Crippen LogP contribution in [0.25, 0.3) is 0 Å². The third kappa shape index (κ3) is 2.84. The SMILES string of the molecule is CN1CCN(CC2=COC3CCCCC3C2=O)CC1. The van der Waals surface area contributed by atoms with E-state index in [1.165, 1.54) is 12.8 Å². The Morgan fingerprint density at radius 3 is 2.74 bits per heavy atom. The summed E-state index contributed by atoms with van der Waals surface area (Å²) in [5.74, 6) is 0.496. The standard InChI is InChI=1S/C15H24N2O2/c1-16-6-8-17(9-7-16)10-12-11-19-14-5-3-2-4-13(14)15(12)18/h11,13-14H,2-10H2,1H3. The number of piperazine rings is 1. The van der Waals surface area contributed by atoms with Crippen molar-refractivity contribution in [1.29, 1.82) is 0 Å². The van der Waals surface area contributed by atoms with Gasteiger partial charge in [0.15, 0.2) is 5.78 Å². The van der Waals surface area contributed by atoms with Crippen LogP contribution in [0.1, 0.15) is 25.7 Å². The molecule has 2 fully saturated rings. The van der Waals surface area contributed by atoms with Crippen LogP contribution in [0.3, 0.4) is 0 Å². The van der Waals surface area contributed by atoms with E-state index in [1.54, 1.807) is 6.26 Å². The van der Waals surface area contributed by atoms with Gasteiger partial charge in [0.1, 0.15) is 6.10 Å². The van der Waals surface area contributed by atoms with Crippen LogP contribution in [0.15, 0.2) is 11.8 Å². The molecule has 3 aliphatic rings. The number of hydrogen-bond acceptors (Lipinski definition) is 4. The van der Waals surface area contributed by atoms with Gasteiger partial charge in [-0.05, 0) is 26.3 Å². The third-order valence-electron chi connectivity index (χ3n) is 4.73. The molecular formula is C15H24N2O2. The molecule has 2 unspecified atom stereocenters. The summed E-state index contributed by atoms with van der Waals surface area (Å²) in [5.41, 5.74) is 0.896. The Balaban J connectivity index is 1.61. The van der Waals surface area contributed by atoms with Crippen LogP contribution < -0.4 is 0 Å². The van der Waals surface area contributed by atoms with Gasteiger partial charge in [-0.3, -0.25) is 9.69 Å². The molecule has 0 radical (unpaired) electrons. The highest BCUT2D eigenvalue weighted by molar-refractivity contribution is 5.98. The van der Waals surface area contributed by atoms with E-state index >= 15 is 0 Å². The second-order valence-electron chi connectivity index (χ2n) is 6.15. The molecule has 0 N–H and O–H groups in total. The highest BCUT2D eigenvalue weighted by Gasteiger charge is 2.37. The van der Waals surface area contributed by atoms with Crippen LogP contribution >= 0.6 is 0 Å². The highest BCUT2D eigenvalue weighted by Crippen LogP contribution is 2.33. The average Bonchev–Trinajstić information content (AvgIpc) is 2.45. The van der Waals surface area contributed by atoms with Gasteiger partial charge in [0.05, 0.1) is 12.2 Å². The average molecular weight is 264 g/mol. The van der Waals surface area contributed by atoms with Crippen LogP contribution in [-0.2, 0) is 9.53 Å². The Morgan fingerprint density at radius 1 is 1.21 bits per heavy atom. The van der Waals surface area contributed by atoms with Crippen LogP contribution in [0, 0.1) is 5.92 Å². The lowest BCUT2D eigenvalue weighted by atomic mass is 9.80. The van der Waals surface area contributed by atoms with Gasteiger partial charge in [-0.2, -0.15) is 0 Å². The minimum absolute atomic E-state index is 0.140. The summed E-state index contributed by atoms with van der Waals surface area (Å²) in [6.07, 6.45) is 6.37. The topological polar surface area (TPSA) is 32.8 Å². The van der Waals surface area contributed by atoms with E-state index in [2.05, 4.69) is 16.8 Å². The predicted molar refractivity (Wildman–Crippen MR) is 73.9 cm³/mol. The lowest BCUT2D eigenvalue weighted by Crippen LogP contribution is -2.47. The molecule has 1 saturated carbocycles. The van der Waals surface area contributed by atoms with Gasteiger partial charge < -0.3 is 9.64 Å². The molecule has 2 atom stereocenters. The van der Waals surface area contributed by atoms with Crippen molar-refractivity contribution in [3.8, 4) is 0 Å². The van der Waals surface area contributed by atoms with E-state index < -0.39 is 0 Å². The Morgan fingerprint density at radius 2 is 1.95 bits per heavy atom. The van der Waals surface area contributed by atoms with Crippen LogP contribution in [0.2, 0.25) is 0 Å². The fourth-order valence-corrected chi connectivity index (χ4v) is 3.39. The smallest absolute Gasteiger partial charge is 0.170 e. The minimum Gasteiger partial charge on any atom is -0.497 e. The number of rotatable bonds is 2. The van der Waals surface area contributed by atoms with E-state index in [4.69, 9.17) is 4.74 Å². The molecule has 2 heterocycles. The van der Waals surface area contributed by atoms with Crippen molar-refractivity contribution in [2.24, 2.45) is 5.92 Å². The van der Waals surface area contributed by atoms with Gasteiger partial charge in [0.25, 0.3) is 0 Å². The zero-order chi connectivity index (χ0) is 13.2. The normalized spacial score (nSPS) is 33.5. The Hall–Kier alpha value is -0.870. The van der Waals surface area contributed by atoms with Crippen LogP contribution in [0.4, 0.5) is 0 Å². The minimum atomic E-state index is 0.140. The predicted octanol–water partition coefficient (Wildman–Crippen LogP) is 1.28. The second-order valence-corrected chi connectivity index (χ2v) is 6.15. The van der Waals surface area contributed by atoms with E-state index in [0.717, 1.165) is 51.1 Å². The molecule has 0 aromatic heterocycles. The van der Waals surface area contributed by atoms with E-state index in [-0.39, 0.29) is 12.0 Å². The summed E-state index contributed by atoms with van der Waals surface area (Å²) < 4.78 is 5.81. The Bertz CT molecular complexity index is 372. The van der Waals surface area contributed by atoms with E-state index in [9.17, 15) is 4.79 Å². The van der Waals surface area contributed by atoms with Crippen molar-refractivity contribution < 1.29 is 9.53 Å². The number of carbonyl (C=O) groups is 1. The maximum atomic E-state index is 12.5. The van der Waals surface area contributed by atoms with Gasteiger partial charge in [0, 0.05) is 38.3 Å². The van der Waals surface area contributed by atoms with E-state index in [1.807, 2.05) is 0 Å². The molecule has 1 aliphatic carbocycles. The molecule has 4 heteroatoms. The van der Waals surface area contributed by atoms with Crippen molar-refractivity contribution in [3.63, 3.8) is 0 Å². The van der Waals surface area contributed by atoms with Crippen molar-refractivity contribution in [1.82, 2.24) is 9.80 Å². The molecule has 19 heavy (non-hydrogen) atoms. The van der Waals surface area contributed by atoms with Gasteiger partial charge in [-0.25, -0.2) is 0 Å². The molecule has 0 amide bonds. The van der Waals surface area contributed by atoms with Crippen LogP contribution in [-0.4, -0.2) is 61.5 Å². The first kappa shape index (κ1) is 13.1. The fourth-order valence-electron chi connectivity index (χ4n) is 3.39. The molecular weight excluding hydrogens is 240 g/mol. The van der Waals surface area contributed by atoms with Crippen molar-refractivity contribution in [3.05, 3.63) is 11.8 Å². The molecule has 0 aromatic rings. The third-order valence-corrected chi connectivity index (χ3v) is 4.73. The summed E-state index contributed by atoms with van der Waals surface area (Å²) in [5, 5.41) is 0. The zero-order valence-corrected chi connectivity index (χ0v) is 11.8. The quantitative estimate of drug-likeness (QED) is 0.752. The highest BCUT2D eigenvalue weighted by atomic mass is 16.5. The number of hydrogen-bond donors (Lipinski definition) is 0. The maximum Gasteiger partial charge on any atom is 0.170 e. The van der Waals surface area contributed by atoms with Gasteiger partial charge in [-0.1, -0.05) is 6.42 Å². The first-order valence-corrected chi connectivity index (χ1v) is 7.53. The summed E-state index contributed by atoms with van der Waals surface area (Å²) in [7, 11) is 2.15. The molecule has 0 bridgehead atoms. The molecule has 3 rings (SSSR count). The van der Waals surface area contributed by atoms with Crippen molar-refractivity contribution in [2.45, 2.75) is 31.8 Å². The monoisotopic (exact) mass is 264 g/mol. The first-order chi connectivity index (χ1) is 9.24. The lowest BCUT2D eigenvalue weighted by molar-refractivity contribution is -0.127. The Kier molecular flexibility index (Phi) is 3.89. The molecule has 2 aliphatic heterocycles. The first-order valence-electron chi connectivity index (χ1n) is 7.53. The molecule has 1 saturated heterocycles. The van der Waals surface area contributed by atoms with Gasteiger partial charge in [-0.15, -0.1) is 0 Å². The number of likely N-dealkylation sites (N-methyl/N-ethyl adjacent to an activating group) is 1. The largest absolute Gasteiger partial charge is 0.497 e. The summed E-state index contributed by atoms with van der Waals surface area (Å²) >= 11 is 0. The lowest BCUT2D eigenvalue weighted by Gasteiger charge is -2.37. The number of ketones is 1. The van der Waals surface area contributed by atoms with Gasteiger partial charge >= 0.3 is 0 Å². The summed E-state index contributed by atoms with van der Waals surface area (Å²) in [6.45, 7) is 5.06. The van der Waals surface area contributed by atoms with Gasteiger partial charge in [0.2, 0.25) is 0 Å². The van der Waals surface area contributed by atoms with E-state index in [0.29, 0.717) is 5.78 Å². The Labute approximate surface area is 115 Å². The number of nitrogens with zero attached hydrogens (tertiary/aromatic N) is 2. The number of carbonyl (C=O) groups excluding carboxylic acids is 1. The van der Waals surface area contributed by atoms with Crippen molar-refractivity contribution in [2.75, 3.05) is 39.8 Å². The zero-order valence-electron chi connectivity index (χ0n) is 11.8. The molecule has 0 aromatic carbocycles. The maximum absolute atomic E-state index is 12.5. The molecule has 0 spiro atoms. The van der Waals surface area contributed by atoms with Crippen LogP contribution in [0.5, 0.6) is 0 Å². The van der Waals surface area contributed by atoms with Crippen molar-refractivity contribution >= 4 is 5.78 Å². The fraction of sp³-hybridized carbons (Fsp3) is 0.800. The number of fused-ring (bicyclic) bond motifs is 1. The summed E-state index contributed by atoms with van der Waals surface area (Å²) in [4.78, 5) is 17.2. The summed E-state index contributed by atoms with van der Waals surface area (Å²) in [6, 6.07) is 0. The number of ether oxygens (including phenoxy) is 1. The number of Topliss-reactive ketones (excluding diaryl/α,β-unsaturated/α-hetero) is 1. The molecule has 106 valence electrons.